The number of piperidine rings is 1. The molecule has 2 heterocycles. The topological polar surface area (TPSA) is 79.4 Å². The molecule has 0 spiro atoms. The Morgan fingerprint density at radius 3 is 2.28 bits per heavy atom. The summed E-state index contributed by atoms with van der Waals surface area (Å²) >= 11 is 1.35. The van der Waals surface area contributed by atoms with Crippen molar-refractivity contribution in [3.63, 3.8) is 0 Å². The molecule has 0 radical (unpaired) electrons. The molecule has 0 unspecified atom stereocenters. The van der Waals surface area contributed by atoms with Crippen LogP contribution in [0.2, 0.25) is 0 Å². The maximum Gasteiger partial charge on any atom is 0.257 e. The SMILES string of the molecule is Cc1ccc(-c2csc(NC(=O)c3ccc(S(=O)(=O)N4C[C@H](C)C[C@H](C)C4)cc3)n2)cc1. The molecule has 3 aromatic rings. The van der Waals surface area contributed by atoms with Crippen molar-refractivity contribution in [1.29, 1.82) is 0 Å². The van der Waals surface area contributed by atoms with E-state index in [-0.39, 0.29) is 10.8 Å². The molecular formula is C24H27N3O3S2. The average molecular weight is 470 g/mol. The minimum Gasteiger partial charge on any atom is -0.298 e. The number of anilines is 1. The summed E-state index contributed by atoms with van der Waals surface area (Å²) in [7, 11) is -3.57. The van der Waals surface area contributed by atoms with Gasteiger partial charge in [0.1, 0.15) is 0 Å². The van der Waals surface area contributed by atoms with Crippen molar-refractivity contribution in [3.05, 3.63) is 65.0 Å². The standard InChI is InChI=1S/C24H27N3O3S2/c1-16-4-6-19(7-5-16)22-15-31-24(25-22)26-23(28)20-8-10-21(11-9-20)32(29,30)27-13-17(2)12-18(3)14-27/h4-11,15,17-18H,12-14H2,1-3H3,(H,25,26,28)/t17-,18+. The van der Waals surface area contributed by atoms with Crippen molar-refractivity contribution in [1.82, 2.24) is 9.29 Å². The summed E-state index contributed by atoms with van der Waals surface area (Å²) in [6.07, 6.45) is 1.04. The summed E-state index contributed by atoms with van der Waals surface area (Å²) in [5, 5.41) is 5.20. The van der Waals surface area contributed by atoms with Gasteiger partial charge < -0.3 is 0 Å². The summed E-state index contributed by atoms with van der Waals surface area (Å²) in [5.41, 5.74) is 3.35. The second-order valence-corrected chi connectivity index (χ2v) is 11.4. The molecule has 1 fully saturated rings. The van der Waals surface area contributed by atoms with Gasteiger partial charge in [-0.15, -0.1) is 11.3 Å². The number of hydrogen-bond donors (Lipinski definition) is 1. The molecule has 1 saturated heterocycles. The fourth-order valence-electron chi connectivity index (χ4n) is 4.09. The lowest BCUT2D eigenvalue weighted by atomic mass is 9.94. The summed E-state index contributed by atoms with van der Waals surface area (Å²) in [4.78, 5) is 17.4. The Bertz CT molecular complexity index is 1190. The first-order valence-corrected chi connectivity index (χ1v) is 13.0. The molecule has 0 bridgehead atoms. The Hall–Kier alpha value is -2.55. The maximum absolute atomic E-state index is 13.0. The van der Waals surface area contributed by atoms with Gasteiger partial charge in [-0.2, -0.15) is 4.31 Å². The van der Waals surface area contributed by atoms with E-state index in [4.69, 9.17) is 0 Å². The third kappa shape index (κ3) is 4.92. The Balaban J connectivity index is 1.45. The zero-order valence-electron chi connectivity index (χ0n) is 18.4. The molecule has 2 aromatic carbocycles. The predicted octanol–water partition coefficient (Wildman–Crippen LogP) is 5.04. The number of carbonyl (C=O) groups excluding carboxylic acids is 1. The van der Waals surface area contributed by atoms with Crippen molar-refractivity contribution < 1.29 is 13.2 Å². The number of amides is 1. The minimum atomic E-state index is -3.57. The number of carbonyl (C=O) groups is 1. The molecule has 6 nitrogen and oxygen atoms in total. The van der Waals surface area contributed by atoms with Crippen LogP contribution in [0.4, 0.5) is 5.13 Å². The van der Waals surface area contributed by atoms with Crippen molar-refractivity contribution in [2.45, 2.75) is 32.1 Å². The van der Waals surface area contributed by atoms with Crippen molar-refractivity contribution in [2.75, 3.05) is 18.4 Å². The van der Waals surface area contributed by atoms with Crippen LogP contribution >= 0.6 is 11.3 Å². The van der Waals surface area contributed by atoms with E-state index in [0.29, 0.717) is 35.6 Å². The number of rotatable bonds is 5. The van der Waals surface area contributed by atoms with E-state index < -0.39 is 10.0 Å². The highest BCUT2D eigenvalue weighted by Crippen LogP contribution is 2.28. The highest BCUT2D eigenvalue weighted by molar-refractivity contribution is 7.89. The normalized spacial score (nSPS) is 19.6. The van der Waals surface area contributed by atoms with Crippen molar-refractivity contribution >= 4 is 32.4 Å². The van der Waals surface area contributed by atoms with E-state index in [0.717, 1.165) is 17.7 Å². The van der Waals surface area contributed by atoms with Gasteiger partial charge in [0.05, 0.1) is 10.6 Å². The van der Waals surface area contributed by atoms with Crippen molar-refractivity contribution in [3.8, 4) is 11.3 Å². The molecule has 1 N–H and O–H groups in total. The fourth-order valence-corrected chi connectivity index (χ4v) is 6.48. The highest BCUT2D eigenvalue weighted by atomic mass is 32.2. The largest absolute Gasteiger partial charge is 0.298 e. The van der Waals surface area contributed by atoms with Crippen LogP contribution in [0, 0.1) is 18.8 Å². The molecular weight excluding hydrogens is 442 g/mol. The molecule has 4 rings (SSSR count). The van der Waals surface area contributed by atoms with Gasteiger partial charge in [0.25, 0.3) is 5.91 Å². The second kappa shape index (κ2) is 9.13. The Morgan fingerprint density at radius 1 is 1.03 bits per heavy atom. The zero-order valence-corrected chi connectivity index (χ0v) is 20.0. The summed E-state index contributed by atoms with van der Waals surface area (Å²) in [5.74, 6) is 0.349. The first kappa shape index (κ1) is 22.6. The smallest absolute Gasteiger partial charge is 0.257 e. The maximum atomic E-state index is 13.0. The van der Waals surface area contributed by atoms with E-state index in [1.165, 1.54) is 29.0 Å². The lowest BCUT2D eigenvalue weighted by Gasteiger charge is -2.34. The molecule has 168 valence electrons. The first-order chi connectivity index (χ1) is 15.2. The van der Waals surface area contributed by atoms with Gasteiger partial charge in [-0.05, 0) is 49.4 Å². The Labute approximate surface area is 193 Å². The first-order valence-electron chi connectivity index (χ1n) is 10.7. The van der Waals surface area contributed by atoms with Crippen LogP contribution in [0.15, 0.2) is 58.8 Å². The van der Waals surface area contributed by atoms with Crippen LogP contribution in [0.25, 0.3) is 11.3 Å². The van der Waals surface area contributed by atoms with E-state index in [2.05, 4.69) is 24.1 Å². The van der Waals surface area contributed by atoms with Crippen LogP contribution in [0.5, 0.6) is 0 Å². The van der Waals surface area contributed by atoms with E-state index in [1.54, 1.807) is 16.4 Å². The summed E-state index contributed by atoms with van der Waals surface area (Å²) < 4.78 is 27.6. The number of sulfonamides is 1. The zero-order chi connectivity index (χ0) is 22.9. The van der Waals surface area contributed by atoms with E-state index >= 15 is 0 Å². The number of aromatic nitrogens is 1. The molecule has 0 aliphatic carbocycles. The number of thiazole rings is 1. The monoisotopic (exact) mass is 469 g/mol. The molecule has 1 aliphatic heterocycles. The van der Waals surface area contributed by atoms with E-state index in [9.17, 15) is 13.2 Å². The Kier molecular flexibility index (Phi) is 6.46. The number of aryl methyl sites for hydroxylation is 1. The number of nitrogens with zero attached hydrogens (tertiary/aromatic N) is 2. The van der Waals surface area contributed by atoms with Gasteiger partial charge in [-0.3, -0.25) is 10.1 Å². The number of benzene rings is 2. The van der Waals surface area contributed by atoms with E-state index in [1.807, 2.05) is 36.6 Å². The third-order valence-electron chi connectivity index (χ3n) is 5.66. The van der Waals surface area contributed by atoms with Crippen molar-refractivity contribution in [2.24, 2.45) is 11.8 Å². The van der Waals surface area contributed by atoms with Crippen LogP contribution in [-0.2, 0) is 10.0 Å². The molecule has 1 aliphatic rings. The van der Waals surface area contributed by atoms with Crippen LogP contribution < -0.4 is 5.32 Å². The molecule has 0 saturated carbocycles. The van der Waals surface area contributed by atoms with Gasteiger partial charge in [0.15, 0.2) is 5.13 Å². The molecule has 1 aromatic heterocycles. The summed E-state index contributed by atoms with van der Waals surface area (Å²) in [6.45, 7) is 7.24. The lowest BCUT2D eigenvalue weighted by Crippen LogP contribution is -2.42. The molecule has 1 amide bonds. The summed E-state index contributed by atoms with van der Waals surface area (Å²) in [6, 6.07) is 14.2. The number of hydrogen-bond acceptors (Lipinski definition) is 5. The molecule has 32 heavy (non-hydrogen) atoms. The van der Waals surface area contributed by atoms with Crippen LogP contribution in [0.3, 0.4) is 0 Å². The van der Waals surface area contributed by atoms with Crippen LogP contribution in [-0.4, -0.2) is 36.7 Å². The van der Waals surface area contributed by atoms with Gasteiger partial charge >= 0.3 is 0 Å². The molecule has 8 heteroatoms. The minimum absolute atomic E-state index is 0.214. The quantitative estimate of drug-likeness (QED) is 0.568. The van der Waals surface area contributed by atoms with Gasteiger partial charge in [0, 0.05) is 29.6 Å². The van der Waals surface area contributed by atoms with Crippen LogP contribution in [0.1, 0.15) is 36.2 Å². The fraction of sp³-hybridized carbons (Fsp3) is 0.333. The predicted molar refractivity (Wildman–Crippen MR) is 128 cm³/mol. The molecule has 2 atom stereocenters. The lowest BCUT2D eigenvalue weighted by molar-refractivity contribution is 0.102. The Morgan fingerprint density at radius 2 is 1.66 bits per heavy atom. The average Bonchev–Trinajstić information content (AvgIpc) is 3.22. The van der Waals surface area contributed by atoms with Gasteiger partial charge in [0.2, 0.25) is 10.0 Å². The number of nitrogens with one attached hydrogen (secondary N) is 1. The second-order valence-electron chi connectivity index (χ2n) is 8.65. The third-order valence-corrected chi connectivity index (χ3v) is 8.27. The highest BCUT2D eigenvalue weighted by Gasteiger charge is 2.31. The van der Waals surface area contributed by atoms with Gasteiger partial charge in [-0.25, -0.2) is 13.4 Å². The van der Waals surface area contributed by atoms with Gasteiger partial charge in [-0.1, -0.05) is 43.7 Å².